The van der Waals surface area contributed by atoms with E-state index in [0.717, 1.165) is 37.0 Å². The van der Waals surface area contributed by atoms with Crippen molar-refractivity contribution in [1.82, 2.24) is 15.1 Å². The van der Waals surface area contributed by atoms with Gasteiger partial charge in [-0.1, -0.05) is 42.5 Å². The second-order valence-electron chi connectivity index (χ2n) is 8.68. The molecule has 5 amide bonds. The molecule has 2 heterocycles. The van der Waals surface area contributed by atoms with Crippen molar-refractivity contribution in [3.8, 4) is 0 Å². The number of anilines is 1. The zero-order valence-corrected chi connectivity index (χ0v) is 19.2. The van der Waals surface area contributed by atoms with Crippen LogP contribution in [0.1, 0.15) is 51.4 Å². The number of amides is 5. The van der Waals surface area contributed by atoms with Gasteiger partial charge in [-0.25, -0.2) is 4.79 Å². The number of piperidine rings is 1. The van der Waals surface area contributed by atoms with Crippen LogP contribution < -0.4 is 10.6 Å². The highest BCUT2D eigenvalue weighted by Crippen LogP contribution is 2.34. The number of halogens is 2. The Morgan fingerprint density at radius 3 is 2.53 bits per heavy atom. The maximum Gasteiger partial charge on any atom is 0.325 e. The van der Waals surface area contributed by atoms with Crippen molar-refractivity contribution >= 4 is 52.6 Å². The lowest BCUT2D eigenvalue weighted by molar-refractivity contribution is -0.144. The second kappa shape index (κ2) is 9.27. The predicted molar refractivity (Wildman–Crippen MR) is 121 cm³/mol. The van der Waals surface area contributed by atoms with Gasteiger partial charge in [0.25, 0.3) is 5.91 Å². The fourth-order valence-corrected chi connectivity index (χ4v) is 5.14. The van der Waals surface area contributed by atoms with Gasteiger partial charge in [0, 0.05) is 12.2 Å². The van der Waals surface area contributed by atoms with Gasteiger partial charge >= 0.3 is 6.03 Å². The number of urea groups is 1. The highest BCUT2D eigenvalue weighted by Gasteiger charge is 2.52. The maximum absolute atomic E-state index is 13.1. The zero-order chi connectivity index (χ0) is 22.9. The Labute approximate surface area is 196 Å². The Hall–Kier alpha value is -2.32. The van der Waals surface area contributed by atoms with Gasteiger partial charge in [-0.2, -0.15) is 0 Å². The molecule has 1 aromatic rings. The molecule has 2 N–H and O–H groups in total. The van der Waals surface area contributed by atoms with Gasteiger partial charge in [0.1, 0.15) is 18.1 Å². The van der Waals surface area contributed by atoms with E-state index in [4.69, 9.17) is 23.2 Å². The molecule has 4 rings (SSSR count). The van der Waals surface area contributed by atoms with E-state index < -0.39 is 23.5 Å². The summed E-state index contributed by atoms with van der Waals surface area (Å²) >= 11 is 11.9. The van der Waals surface area contributed by atoms with E-state index in [2.05, 4.69) is 10.6 Å². The third-order valence-electron chi connectivity index (χ3n) is 6.56. The van der Waals surface area contributed by atoms with Crippen LogP contribution in [0, 0.1) is 0 Å². The van der Waals surface area contributed by atoms with Crippen LogP contribution in [0.3, 0.4) is 0 Å². The number of hydrogen-bond acceptors (Lipinski definition) is 4. The van der Waals surface area contributed by atoms with Crippen molar-refractivity contribution in [3.05, 3.63) is 28.2 Å². The summed E-state index contributed by atoms with van der Waals surface area (Å²) in [5.74, 6) is -1.07. The van der Waals surface area contributed by atoms with Crippen LogP contribution >= 0.6 is 23.2 Å². The summed E-state index contributed by atoms with van der Waals surface area (Å²) in [6.45, 7) is 0.0378. The summed E-state index contributed by atoms with van der Waals surface area (Å²) in [6, 6.07) is 3.56. The van der Waals surface area contributed by atoms with E-state index in [1.54, 1.807) is 18.2 Å². The van der Waals surface area contributed by atoms with Crippen LogP contribution in [0.5, 0.6) is 0 Å². The highest BCUT2D eigenvalue weighted by molar-refractivity contribution is 6.42. The van der Waals surface area contributed by atoms with Gasteiger partial charge in [-0.3, -0.25) is 19.3 Å². The van der Waals surface area contributed by atoms with Crippen LogP contribution in [-0.2, 0) is 14.4 Å². The maximum atomic E-state index is 13.1. The number of likely N-dealkylation sites (tertiary alicyclic amines) is 1. The molecule has 172 valence electrons. The number of hydrogen-bond donors (Lipinski definition) is 2. The van der Waals surface area contributed by atoms with E-state index in [1.165, 1.54) is 4.90 Å². The van der Waals surface area contributed by atoms with Crippen molar-refractivity contribution in [3.63, 3.8) is 0 Å². The van der Waals surface area contributed by atoms with Crippen molar-refractivity contribution in [2.75, 3.05) is 18.4 Å². The van der Waals surface area contributed by atoms with E-state index in [0.29, 0.717) is 41.5 Å². The summed E-state index contributed by atoms with van der Waals surface area (Å²) in [7, 11) is 0. The average molecular weight is 481 g/mol. The van der Waals surface area contributed by atoms with Crippen molar-refractivity contribution < 1.29 is 19.2 Å². The quantitative estimate of drug-likeness (QED) is 0.643. The van der Waals surface area contributed by atoms with Crippen LogP contribution in [0.15, 0.2) is 18.2 Å². The van der Waals surface area contributed by atoms with Gasteiger partial charge in [0.05, 0.1) is 10.0 Å². The number of nitrogens with zero attached hydrogens (tertiary/aromatic N) is 2. The average Bonchev–Trinajstić information content (AvgIpc) is 3.00. The Kier molecular flexibility index (Phi) is 6.62. The SMILES string of the molecule is O=C(Nc1ccc(Cl)c(Cl)c1)C1CCCCN1C(=O)CN1C(=O)NC2(CCCCC2)C1=O. The molecule has 1 aliphatic carbocycles. The molecule has 10 heteroatoms. The predicted octanol–water partition coefficient (Wildman–Crippen LogP) is 3.57. The van der Waals surface area contributed by atoms with Crippen molar-refractivity contribution in [2.24, 2.45) is 0 Å². The first-order chi connectivity index (χ1) is 15.3. The highest BCUT2D eigenvalue weighted by atomic mass is 35.5. The zero-order valence-electron chi connectivity index (χ0n) is 17.7. The molecular weight excluding hydrogens is 455 g/mol. The third kappa shape index (κ3) is 4.43. The number of nitrogens with one attached hydrogen (secondary N) is 2. The molecule has 0 aromatic heterocycles. The molecule has 3 fully saturated rings. The molecular formula is C22H26Cl2N4O4. The first kappa shape index (κ1) is 22.9. The summed E-state index contributed by atoms with van der Waals surface area (Å²) in [4.78, 5) is 54.1. The van der Waals surface area contributed by atoms with Gasteiger partial charge in [0.15, 0.2) is 0 Å². The second-order valence-corrected chi connectivity index (χ2v) is 9.50. The lowest BCUT2D eigenvalue weighted by Gasteiger charge is -2.35. The van der Waals surface area contributed by atoms with E-state index in [-0.39, 0.29) is 18.4 Å². The molecule has 1 saturated carbocycles. The Morgan fingerprint density at radius 1 is 1.06 bits per heavy atom. The van der Waals surface area contributed by atoms with Gasteiger partial charge in [-0.05, 0) is 50.3 Å². The molecule has 32 heavy (non-hydrogen) atoms. The normalized spacial score (nSPS) is 22.8. The van der Waals surface area contributed by atoms with E-state index >= 15 is 0 Å². The lowest BCUT2D eigenvalue weighted by atomic mass is 9.82. The molecule has 0 radical (unpaired) electrons. The number of imide groups is 1. The molecule has 1 unspecified atom stereocenters. The van der Waals surface area contributed by atoms with Crippen LogP contribution in [-0.4, -0.2) is 58.2 Å². The van der Waals surface area contributed by atoms with Gasteiger partial charge in [0.2, 0.25) is 11.8 Å². The summed E-state index contributed by atoms with van der Waals surface area (Å²) < 4.78 is 0. The molecule has 3 aliphatic rings. The largest absolute Gasteiger partial charge is 0.329 e. The minimum atomic E-state index is -0.873. The third-order valence-corrected chi connectivity index (χ3v) is 7.30. The minimum absolute atomic E-state index is 0.316. The monoisotopic (exact) mass is 480 g/mol. The standard InChI is InChI=1S/C22H26Cl2N4O4/c23-15-8-7-14(12-16(15)24)25-19(30)17-6-2-5-11-27(17)18(29)13-28-20(31)22(26-21(28)32)9-3-1-4-10-22/h7-8,12,17H,1-6,9-11,13H2,(H,25,30)(H,26,32). The molecule has 1 aromatic carbocycles. The summed E-state index contributed by atoms with van der Waals surface area (Å²) in [5, 5.41) is 6.30. The molecule has 1 atom stereocenters. The molecule has 2 aliphatic heterocycles. The molecule has 1 spiro atoms. The number of carbonyl (C=O) groups excluding carboxylic acids is 4. The first-order valence-corrected chi connectivity index (χ1v) is 11.8. The summed E-state index contributed by atoms with van der Waals surface area (Å²) in [5.41, 5.74) is -0.391. The van der Waals surface area contributed by atoms with Crippen LogP contribution in [0.25, 0.3) is 0 Å². The number of benzene rings is 1. The summed E-state index contributed by atoms with van der Waals surface area (Å²) in [6.07, 6.45) is 6.03. The molecule has 8 nitrogen and oxygen atoms in total. The molecule has 0 bridgehead atoms. The van der Waals surface area contributed by atoms with Crippen molar-refractivity contribution in [1.29, 1.82) is 0 Å². The van der Waals surface area contributed by atoms with Gasteiger partial charge < -0.3 is 15.5 Å². The minimum Gasteiger partial charge on any atom is -0.329 e. The number of rotatable bonds is 4. The van der Waals surface area contributed by atoms with Crippen molar-refractivity contribution in [2.45, 2.75) is 62.9 Å². The van der Waals surface area contributed by atoms with E-state index in [1.807, 2.05) is 0 Å². The Morgan fingerprint density at radius 2 is 1.81 bits per heavy atom. The fraction of sp³-hybridized carbons (Fsp3) is 0.545. The van der Waals surface area contributed by atoms with Crippen LogP contribution in [0.4, 0.5) is 10.5 Å². The first-order valence-electron chi connectivity index (χ1n) is 11.0. The molecule has 2 saturated heterocycles. The van der Waals surface area contributed by atoms with Crippen LogP contribution in [0.2, 0.25) is 10.0 Å². The Balaban J connectivity index is 1.44. The lowest BCUT2D eigenvalue weighted by Crippen LogP contribution is -2.54. The smallest absolute Gasteiger partial charge is 0.325 e. The number of carbonyl (C=O) groups is 4. The topological polar surface area (TPSA) is 98.8 Å². The van der Waals surface area contributed by atoms with Gasteiger partial charge in [-0.15, -0.1) is 0 Å². The fourth-order valence-electron chi connectivity index (χ4n) is 4.84. The Bertz CT molecular complexity index is 948. The van der Waals surface area contributed by atoms with E-state index in [9.17, 15) is 19.2 Å².